The summed E-state index contributed by atoms with van der Waals surface area (Å²) in [6, 6.07) is 4.44. The van der Waals surface area contributed by atoms with Crippen molar-refractivity contribution in [3.8, 4) is 5.75 Å². The van der Waals surface area contributed by atoms with Gasteiger partial charge < -0.3 is 15.2 Å². The molecule has 0 spiro atoms. The topological polar surface area (TPSA) is 75.6 Å². The number of esters is 1. The highest BCUT2D eigenvalue weighted by molar-refractivity contribution is 9.10. The number of amides is 1. The van der Waals surface area contributed by atoms with Crippen LogP contribution in [0, 0.1) is 0 Å². The molecule has 0 aliphatic heterocycles. The first-order valence-corrected chi connectivity index (χ1v) is 6.68. The smallest absolute Gasteiger partial charge is 0.342 e. The van der Waals surface area contributed by atoms with Gasteiger partial charge in [-0.15, -0.1) is 0 Å². The summed E-state index contributed by atoms with van der Waals surface area (Å²) in [7, 11) is 0. The molecule has 0 bridgehead atoms. The summed E-state index contributed by atoms with van der Waals surface area (Å²) < 4.78 is 5.48. The van der Waals surface area contributed by atoms with E-state index in [9.17, 15) is 14.7 Å². The number of carbonyl (C=O) groups excluding carboxylic acids is 2. The van der Waals surface area contributed by atoms with Crippen molar-refractivity contribution in [2.45, 2.75) is 26.3 Å². The van der Waals surface area contributed by atoms with Crippen LogP contribution >= 0.6 is 15.9 Å². The van der Waals surface area contributed by atoms with Gasteiger partial charge in [-0.1, -0.05) is 22.9 Å². The van der Waals surface area contributed by atoms with Crippen LogP contribution in [0.2, 0.25) is 0 Å². The van der Waals surface area contributed by atoms with E-state index in [1.807, 2.05) is 13.8 Å². The molecule has 0 saturated carbocycles. The average Bonchev–Trinajstić information content (AvgIpc) is 2.38. The fourth-order valence-corrected chi connectivity index (χ4v) is 1.66. The van der Waals surface area contributed by atoms with Crippen molar-refractivity contribution in [1.29, 1.82) is 0 Å². The van der Waals surface area contributed by atoms with Crippen LogP contribution in [-0.4, -0.2) is 29.6 Å². The van der Waals surface area contributed by atoms with E-state index in [1.54, 1.807) is 6.07 Å². The molecule has 0 unspecified atom stereocenters. The number of benzene rings is 1. The molecule has 0 radical (unpaired) electrons. The summed E-state index contributed by atoms with van der Waals surface area (Å²) in [5, 5.41) is 12.2. The Morgan fingerprint density at radius 2 is 2.16 bits per heavy atom. The van der Waals surface area contributed by atoms with E-state index >= 15 is 0 Å². The second-order valence-electron chi connectivity index (χ2n) is 4.11. The van der Waals surface area contributed by atoms with Crippen molar-refractivity contribution in [3.05, 3.63) is 28.2 Å². The van der Waals surface area contributed by atoms with Gasteiger partial charge in [0, 0.05) is 10.5 Å². The highest BCUT2D eigenvalue weighted by Gasteiger charge is 2.15. The van der Waals surface area contributed by atoms with Crippen molar-refractivity contribution < 1.29 is 19.4 Å². The van der Waals surface area contributed by atoms with Gasteiger partial charge in [-0.25, -0.2) is 4.79 Å². The Bertz CT molecular complexity index is 476. The maximum atomic E-state index is 11.7. The van der Waals surface area contributed by atoms with Crippen LogP contribution in [-0.2, 0) is 9.53 Å². The summed E-state index contributed by atoms with van der Waals surface area (Å²) in [5.74, 6) is -1.29. The monoisotopic (exact) mass is 329 g/mol. The Morgan fingerprint density at radius 1 is 1.47 bits per heavy atom. The third-order valence-electron chi connectivity index (χ3n) is 2.53. The van der Waals surface area contributed by atoms with Crippen LogP contribution in [0.25, 0.3) is 0 Å². The Hall–Kier alpha value is -1.56. The fraction of sp³-hybridized carbons (Fsp3) is 0.385. The maximum absolute atomic E-state index is 11.7. The van der Waals surface area contributed by atoms with E-state index in [2.05, 4.69) is 21.2 Å². The molecule has 5 nitrogen and oxygen atoms in total. The number of ether oxygens (including phenoxy) is 1. The zero-order valence-corrected chi connectivity index (χ0v) is 12.4. The van der Waals surface area contributed by atoms with Crippen LogP contribution in [0.1, 0.15) is 30.6 Å². The molecule has 0 aliphatic rings. The molecule has 0 fully saturated rings. The highest BCUT2D eigenvalue weighted by Crippen LogP contribution is 2.22. The number of hydrogen-bond acceptors (Lipinski definition) is 4. The van der Waals surface area contributed by atoms with E-state index in [4.69, 9.17) is 4.74 Å². The van der Waals surface area contributed by atoms with Crippen molar-refractivity contribution in [3.63, 3.8) is 0 Å². The first kappa shape index (κ1) is 15.5. The quantitative estimate of drug-likeness (QED) is 0.812. The van der Waals surface area contributed by atoms with Gasteiger partial charge in [0.15, 0.2) is 6.61 Å². The molecule has 1 amide bonds. The molecule has 0 aliphatic carbocycles. The van der Waals surface area contributed by atoms with E-state index < -0.39 is 5.97 Å². The molecule has 2 N–H and O–H groups in total. The van der Waals surface area contributed by atoms with Crippen molar-refractivity contribution in [2.24, 2.45) is 0 Å². The second-order valence-corrected chi connectivity index (χ2v) is 5.03. The largest absolute Gasteiger partial charge is 0.507 e. The minimum atomic E-state index is -0.738. The van der Waals surface area contributed by atoms with E-state index in [0.29, 0.717) is 4.47 Å². The van der Waals surface area contributed by atoms with Gasteiger partial charge in [0.25, 0.3) is 5.91 Å². The predicted octanol–water partition coefficient (Wildman–Crippen LogP) is 2.23. The normalized spacial score (nSPS) is 11.7. The lowest BCUT2D eigenvalue weighted by Crippen LogP contribution is -2.35. The summed E-state index contributed by atoms with van der Waals surface area (Å²) >= 11 is 3.19. The standard InChI is InChI=1S/C13H16BrNO4/c1-3-8(2)15-12(17)7-19-13(18)10-6-9(14)4-5-11(10)16/h4-6,8,16H,3,7H2,1-2H3,(H,15,17)/t8-/m1/s1. The third-order valence-corrected chi connectivity index (χ3v) is 3.03. The summed E-state index contributed by atoms with van der Waals surface area (Å²) in [5.41, 5.74) is 0.0192. The van der Waals surface area contributed by atoms with Gasteiger partial charge in [0.1, 0.15) is 11.3 Å². The van der Waals surface area contributed by atoms with E-state index in [1.165, 1.54) is 12.1 Å². The average molecular weight is 330 g/mol. The number of hydrogen-bond donors (Lipinski definition) is 2. The molecular weight excluding hydrogens is 314 g/mol. The number of phenolic OH excluding ortho intramolecular Hbond substituents is 1. The summed E-state index contributed by atoms with van der Waals surface area (Å²) in [6.45, 7) is 3.44. The van der Waals surface area contributed by atoms with Crippen LogP contribution in [0.5, 0.6) is 5.75 Å². The molecule has 1 aromatic rings. The predicted molar refractivity (Wildman–Crippen MR) is 74.0 cm³/mol. The summed E-state index contributed by atoms with van der Waals surface area (Å²) in [6.07, 6.45) is 0.798. The van der Waals surface area contributed by atoms with Crippen molar-refractivity contribution >= 4 is 27.8 Å². The van der Waals surface area contributed by atoms with Gasteiger partial charge in [-0.3, -0.25) is 4.79 Å². The second kappa shape index (κ2) is 7.13. The Balaban J connectivity index is 2.56. The lowest BCUT2D eigenvalue weighted by molar-refractivity contribution is -0.124. The van der Waals surface area contributed by atoms with Gasteiger partial charge in [-0.05, 0) is 31.5 Å². The van der Waals surface area contributed by atoms with Gasteiger partial charge >= 0.3 is 5.97 Å². The number of phenols is 1. The number of aromatic hydroxyl groups is 1. The van der Waals surface area contributed by atoms with Crippen molar-refractivity contribution in [2.75, 3.05) is 6.61 Å². The molecule has 0 aromatic heterocycles. The van der Waals surface area contributed by atoms with Gasteiger partial charge in [-0.2, -0.15) is 0 Å². The Morgan fingerprint density at radius 3 is 2.79 bits per heavy atom. The minimum Gasteiger partial charge on any atom is -0.507 e. The highest BCUT2D eigenvalue weighted by atomic mass is 79.9. The Kier molecular flexibility index (Phi) is 5.82. The fourth-order valence-electron chi connectivity index (χ4n) is 1.30. The van der Waals surface area contributed by atoms with Gasteiger partial charge in [0.2, 0.25) is 0 Å². The molecule has 1 rings (SSSR count). The number of carbonyl (C=O) groups is 2. The van der Waals surface area contributed by atoms with Crippen molar-refractivity contribution in [1.82, 2.24) is 5.32 Å². The van der Waals surface area contributed by atoms with E-state index in [-0.39, 0.29) is 29.9 Å². The molecule has 1 atom stereocenters. The van der Waals surface area contributed by atoms with Crippen LogP contribution in [0.4, 0.5) is 0 Å². The zero-order valence-electron chi connectivity index (χ0n) is 10.8. The van der Waals surface area contributed by atoms with Crippen LogP contribution in [0.3, 0.4) is 0 Å². The molecule has 1 aromatic carbocycles. The molecule has 104 valence electrons. The lowest BCUT2D eigenvalue weighted by atomic mass is 10.2. The zero-order chi connectivity index (χ0) is 14.4. The van der Waals surface area contributed by atoms with Crippen LogP contribution in [0.15, 0.2) is 22.7 Å². The summed E-state index contributed by atoms with van der Waals surface area (Å²) in [4.78, 5) is 23.1. The Labute approximate surface area is 120 Å². The van der Waals surface area contributed by atoms with E-state index in [0.717, 1.165) is 6.42 Å². The SMILES string of the molecule is CC[C@@H](C)NC(=O)COC(=O)c1cc(Br)ccc1O. The third kappa shape index (κ3) is 4.90. The first-order valence-electron chi connectivity index (χ1n) is 5.89. The first-order chi connectivity index (χ1) is 8.93. The number of rotatable bonds is 5. The molecule has 0 heterocycles. The van der Waals surface area contributed by atoms with Gasteiger partial charge in [0.05, 0.1) is 0 Å². The molecular formula is C13H16BrNO4. The molecule has 19 heavy (non-hydrogen) atoms. The maximum Gasteiger partial charge on any atom is 0.342 e. The number of nitrogens with one attached hydrogen (secondary N) is 1. The minimum absolute atomic E-state index is 0.0192. The molecule has 0 saturated heterocycles. The molecule has 6 heteroatoms. The lowest BCUT2D eigenvalue weighted by Gasteiger charge is -2.11. The van der Waals surface area contributed by atoms with Crippen LogP contribution < -0.4 is 5.32 Å². The number of halogens is 1.